The smallest absolute Gasteiger partial charge is 0.245 e. The molecule has 3 unspecified atom stereocenters. The van der Waals surface area contributed by atoms with Crippen LogP contribution in [0.15, 0.2) is 0 Å². The Balaban J connectivity index is 1.85. The highest BCUT2D eigenvalue weighted by Crippen LogP contribution is 2.18. The fourth-order valence-corrected chi connectivity index (χ4v) is 2.83. The molecule has 0 spiro atoms. The molecule has 2 fully saturated rings. The van der Waals surface area contributed by atoms with E-state index in [-0.39, 0.29) is 23.9 Å². The van der Waals surface area contributed by atoms with Gasteiger partial charge in [0, 0.05) is 13.2 Å². The number of nitrogens with one attached hydrogen (secondary N) is 1. The number of nitrogens with zero attached hydrogens (tertiary/aromatic N) is 1. The summed E-state index contributed by atoms with van der Waals surface area (Å²) in [6.07, 6.45) is 5.16. The molecule has 19 heavy (non-hydrogen) atoms. The van der Waals surface area contributed by atoms with Crippen molar-refractivity contribution in [1.29, 1.82) is 0 Å². The number of hydrogen-bond donors (Lipinski definition) is 1. The lowest BCUT2D eigenvalue weighted by atomic mass is 10.0. The average molecular weight is 268 g/mol. The van der Waals surface area contributed by atoms with Crippen molar-refractivity contribution in [2.24, 2.45) is 0 Å². The molecule has 108 valence electrons. The monoisotopic (exact) mass is 268 g/mol. The minimum Gasteiger partial charge on any atom is -0.378 e. The number of rotatable bonds is 5. The summed E-state index contributed by atoms with van der Waals surface area (Å²) in [5.74, 6) is 0.0190. The molecule has 2 rings (SSSR count). The van der Waals surface area contributed by atoms with Gasteiger partial charge in [-0.3, -0.25) is 9.59 Å². The van der Waals surface area contributed by atoms with Gasteiger partial charge in [-0.15, -0.1) is 0 Å². The van der Waals surface area contributed by atoms with Crippen LogP contribution in [0.2, 0.25) is 0 Å². The molecular formula is C14H24N2O3. The minimum atomic E-state index is -0.347. The SMILES string of the molecule is CCC1NC(=O)C(C)N(CCCC2CCCO2)C1=O. The lowest BCUT2D eigenvalue weighted by molar-refractivity contribution is -0.148. The van der Waals surface area contributed by atoms with Crippen molar-refractivity contribution in [1.82, 2.24) is 10.2 Å². The van der Waals surface area contributed by atoms with Crippen LogP contribution in [0.1, 0.15) is 46.0 Å². The van der Waals surface area contributed by atoms with Crippen LogP contribution in [0.3, 0.4) is 0 Å². The largest absolute Gasteiger partial charge is 0.378 e. The Hall–Kier alpha value is -1.10. The van der Waals surface area contributed by atoms with Gasteiger partial charge in [0.1, 0.15) is 12.1 Å². The molecule has 3 atom stereocenters. The zero-order valence-electron chi connectivity index (χ0n) is 11.9. The molecular weight excluding hydrogens is 244 g/mol. The van der Waals surface area contributed by atoms with Crippen molar-refractivity contribution < 1.29 is 14.3 Å². The van der Waals surface area contributed by atoms with Crippen LogP contribution in [0.5, 0.6) is 0 Å². The number of ether oxygens (including phenoxy) is 1. The van der Waals surface area contributed by atoms with Crippen molar-refractivity contribution in [2.45, 2.75) is 64.1 Å². The lowest BCUT2D eigenvalue weighted by Gasteiger charge is -2.37. The van der Waals surface area contributed by atoms with E-state index < -0.39 is 0 Å². The van der Waals surface area contributed by atoms with Gasteiger partial charge in [0.25, 0.3) is 0 Å². The molecule has 2 heterocycles. The fraction of sp³-hybridized carbons (Fsp3) is 0.857. The standard InChI is InChI=1S/C14H24N2O3/c1-3-12-14(18)16(10(2)13(17)15-12)8-4-6-11-7-5-9-19-11/h10-12H,3-9H2,1-2H3,(H,15,17). The summed E-state index contributed by atoms with van der Waals surface area (Å²) in [5.41, 5.74) is 0. The Bertz CT molecular complexity index is 340. The van der Waals surface area contributed by atoms with E-state index in [1.165, 1.54) is 0 Å². The third kappa shape index (κ3) is 3.26. The molecule has 5 nitrogen and oxygen atoms in total. The maximum absolute atomic E-state index is 12.2. The third-order valence-corrected chi connectivity index (χ3v) is 4.10. The van der Waals surface area contributed by atoms with E-state index in [1.54, 1.807) is 11.8 Å². The number of piperazine rings is 1. The van der Waals surface area contributed by atoms with Crippen LogP contribution in [0, 0.1) is 0 Å². The highest BCUT2D eigenvalue weighted by atomic mass is 16.5. The molecule has 0 bridgehead atoms. The molecule has 0 radical (unpaired) electrons. The summed E-state index contributed by atoms with van der Waals surface area (Å²) >= 11 is 0. The van der Waals surface area contributed by atoms with Crippen LogP contribution >= 0.6 is 0 Å². The number of carbonyl (C=O) groups is 2. The first-order valence-electron chi connectivity index (χ1n) is 7.36. The van der Waals surface area contributed by atoms with Gasteiger partial charge in [0.2, 0.25) is 11.8 Å². The first-order chi connectivity index (χ1) is 9.13. The molecule has 0 saturated carbocycles. The van der Waals surface area contributed by atoms with Crippen LogP contribution < -0.4 is 5.32 Å². The van der Waals surface area contributed by atoms with E-state index >= 15 is 0 Å². The fourth-order valence-electron chi connectivity index (χ4n) is 2.83. The van der Waals surface area contributed by atoms with Crippen LogP contribution in [-0.2, 0) is 14.3 Å². The zero-order valence-corrected chi connectivity index (χ0v) is 11.9. The minimum absolute atomic E-state index is 0.0384. The number of hydrogen-bond acceptors (Lipinski definition) is 3. The van der Waals surface area contributed by atoms with Crippen molar-refractivity contribution >= 4 is 11.8 Å². The highest BCUT2D eigenvalue weighted by Gasteiger charge is 2.36. The van der Waals surface area contributed by atoms with Crippen LogP contribution in [0.25, 0.3) is 0 Å². The van der Waals surface area contributed by atoms with Gasteiger partial charge in [0.05, 0.1) is 6.10 Å². The first kappa shape index (κ1) is 14.3. The second kappa shape index (κ2) is 6.37. The summed E-state index contributed by atoms with van der Waals surface area (Å²) in [7, 11) is 0. The maximum atomic E-state index is 12.2. The molecule has 2 aliphatic heterocycles. The second-order valence-electron chi connectivity index (χ2n) is 5.45. The van der Waals surface area contributed by atoms with E-state index in [9.17, 15) is 9.59 Å². The van der Waals surface area contributed by atoms with Crippen molar-refractivity contribution in [3.05, 3.63) is 0 Å². The topological polar surface area (TPSA) is 58.6 Å². The normalized spacial score (nSPS) is 31.7. The molecule has 0 aromatic rings. The van der Waals surface area contributed by atoms with Gasteiger partial charge in [-0.25, -0.2) is 0 Å². The van der Waals surface area contributed by atoms with Gasteiger partial charge in [-0.1, -0.05) is 6.92 Å². The summed E-state index contributed by atoms with van der Waals surface area (Å²) in [6.45, 7) is 5.24. The van der Waals surface area contributed by atoms with Crippen molar-refractivity contribution in [2.75, 3.05) is 13.2 Å². The van der Waals surface area contributed by atoms with Crippen LogP contribution in [0.4, 0.5) is 0 Å². The summed E-state index contributed by atoms with van der Waals surface area (Å²) in [6, 6.07) is -0.689. The summed E-state index contributed by atoms with van der Waals surface area (Å²) in [5, 5.41) is 2.77. The van der Waals surface area contributed by atoms with E-state index in [2.05, 4.69) is 5.32 Å². The Morgan fingerprint density at radius 2 is 2.21 bits per heavy atom. The van der Waals surface area contributed by atoms with Gasteiger partial charge < -0.3 is 15.0 Å². The van der Waals surface area contributed by atoms with Gasteiger partial charge in [0.15, 0.2) is 0 Å². The van der Waals surface area contributed by atoms with E-state index in [1.807, 2.05) is 6.92 Å². The molecule has 2 saturated heterocycles. The first-order valence-corrected chi connectivity index (χ1v) is 7.36. The lowest BCUT2D eigenvalue weighted by Crippen LogP contribution is -2.62. The average Bonchev–Trinajstić information content (AvgIpc) is 2.91. The molecule has 2 aliphatic rings. The van der Waals surface area contributed by atoms with E-state index in [0.717, 1.165) is 32.3 Å². The molecule has 0 aliphatic carbocycles. The third-order valence-electron chi connectivity index (χ3n) is 4.10. The zero-order chi connectivity index (χ0) is 13.8. The quantitative estimate of drug-likeness (QED) is 0.811. The van der Waals surface area contributed by atoms with Gasteiger partial charge in [-0.2, -0.15) is 0 Å². The van der Waals surface area contributed by atoms with Crippen molar-refractivity contribution in [3.63, 3.8) is 0 Å². The molecule has 0 aromatic carbocycles. The Morgan fingerprint density at radius 1 is 1.42 bits per heavy atom. The summed E-state index contributed by atoms with van der Waals surface area (Å²) in [4.78, 5) is 25.8. The Labute approximate surface area is 114 Å². The molecule has 0 aromatic heterocycles. The van der Waals surface area contributed by atoms with Crippen LogP contribution in [-0.4, -0.2) is 48.1 Å². The molecule has 1 N–H and O–H groups in total. The Morgan fingerprint density at radius 3 is 2.84 bits per heavy atom. The van der Waals surface area contributed by atoms with Gasteiger partial charge in [-0.05, 0) is 39.0 Å². The predicted octanol–water partition coefficient (Wildman–Crippen LogP) is 1.07. The predicted molar refractivity (Wildman–Crippen MR) is 71.6 cm³/mol. The number of amides is 2. The van der Waals surface area contributed by atoms with E-state index in [4.69, 9.17) is 4.74 Å². The summed E-state index contributed by atoms with van der Waals surface area (Å²) < 4.78 is 5.58. The highest BCUT2D eigenvalue weighted by molar-refractivity contribution is 5.96. The van der Waals surface area contributed by atoms with Gasteiger partial charge >= 0.3 is 0 Å². The Kier molecular flexibility index (Phi) is 4.80. The number of carbonyl (C=O) groups excluding carboxylic acids is 2. The maximum Gasteiger partial charge on any atom is 0.245 e. The molecule has 2 amide bonds. The van der Waals surface area contributed by atoms with Crippen molar-refractivity contribution in [3.8, 4) is 0 Å². The van der Waals surface area contributed by atoms with E-state index in [0.29, 0.717) is 19.1 Å². The molecule has 5 heteroatoms. The second-order valence-corrected chi connectivity index (χ2v) is 5.45.